The van der Waals surface area contributed by atoms with Gasteiger partial charge in [0.2, 0.25) is 5.90 Å². The van der Waals surface area contributed by atoms with Gasteiger partial charge in [0.15, 0.2) is 21.5 Å². The molecule has 10 heteroatoms. The van der Waals surface area contributed by atoms with Crippen molar-refractivity contribution in [3.8, 4) is 11.5 Å². The summed E-state index contributed by atoms with van der Waals surface area (Å²) in [6, 6.07) is 22.2. The zero-order valence-corrected chi connectivity index (χ0v) is 23.7. The summed E-state index contributed by atoms with van der Waals surface area (Å²) in [5.74, 6) is 0.546. The number of nitrogens with zero attached hydrogens (tertiary/aromatic N) is 1. The highest BCUT2D eigenvalue weighted by atomic mass is 32.2. The lowest BCUT2D eigenvalue weighted by Crippen LogP contribution is -2.49. The van der Waals surface area contributed by atoms with Gasteiger partial charge in [0.1, 0.15) is 11.5 Å². The van der Waals surface area contributed by atoms with Crippen molar-refractivity contribution in [2.75, 3.05) is 32.6 Å². The maximum absolute atomic E-state index is 13.9. The molecule has 0 spiro atoms. The van der Waals surface area contributed by atoms with E-state index in [0.717, 1.165) is 0 Å². The second-order valence-electron chi connectivity index (χ2n) is 9.45. The number of hydrogen-bond acceptors (Lipinski definition) is 8. The molecular formula is C31H34N2O7S. The van der Waals surface area contributed by atoms with Crippen molar-refractivity contribution in [2.24, 2.45) is 4.99 Å². The SMILES string of the molecule is C=CCNC(=O)[C@]1(CCS(=O)(=O)c2ccccc2)N=C(c2ccc(OCCCO)cc2)O[C@@H]1c1cccc(OC)c1. The average molecular weight is 579 g/mol. The number of aliphatic hydroxyl groups excluding tert-OH is 1. The number of benzene rings is 3. The van der Waals surface area contributed by atoms with Crippen molar-refractivity contribution in [3.05, 3.63) is 103 Å². The molecule has 1 amide bonds. The van der Waals surface area contributed by atoms with Crippen LogP contribution in [0.3, 0.4) is 0 Å². The molecule has 3 aromatic rings. The fourth-order valence-corrected chi connectivity index (χ4v) is 5.92. The molecule has 41 heavy (non-hydrogen) atoms. The van der Waals surface area contributed by atoms with E-state index in [1.165, 1.54) is 19.2 Å². The van der Waals surface area contributed by atoms with Crippen LogP contribution in [0, 0.1) is 0 Å². The molecule has 216 valence electrons. The van der Waals surface area contributed by atoms with E-state index in [1.807, 2.05) is 0 Å². The second kappa shape index (κ2) is 13.5. The number of carbonyl (C=O) groups is 1. The molecule has 0 fully saturated rings. The van der Waals surface area contributed by atoms with Gasteiger partial charge < -0.3 is 24.6 Å². The summed E-state index contributed by atoms with van der Waals surface area (Å²) in [6.07, 6.45) is 0.974. The fourth-order valence-electron chi connectivity index (χ4n) is 4.53. The van der Waals surface area contributed by atoms with Crippen LogP contribution in [-0.2, 0) is 19.4 Å². The first-order chi connectivity index (χ1) is 19.8. The maximum atomic E-state index is 13.9. The van der Waals surface area contributed by atoms with Gasteiger partial charge in [0.05, 0.1) is 24.4 Å². The Morgan fingerprint density at radius 1 is 1.10 bits per heavy atom. The molecular weight excluding hydrogens is 544 g/mol. The smallest absolute Gasteiger partial charge is 0.252 e. The first-order valence-corrected chi connectivity index (χ1v) is 14.9. The number of ether oxygens (including phenoxy) is 3. The lowest BCUT2D eigenvalue weighted by atomic mass is 9.85. The molecule has 2 N–H and O–H groups in total. The molecule has 4 rings (SSSR count). The van der Waals surface area contributed by atoms with E-state index in [-0.39, 0.29) is 36.1 Å². The molecule has 0 saturated carbocycles. The predicted molar refractivity (Wildman–Crippen MR) is 156 cm³/mol. The monoisotopic (exact) mass is 578 g/mol. The van der Waals surface area contributed by atoms with E-state index in [2.05, 4.69) is 11.9 Å². The zero-order valence-electron chi connectivity index (χ0n) is 22.9. The number of aliphatic imine (C=N–C) groups is 1. The molecule has 0 radical (unpaired) electrons. The van der Waals surface area contributed by atoms with Crippen LogP contribution in [0.2, 0.25) is 0 Å². The van der Waals surface area contributed by atoms with Crippen molar-refractivity contribution in [2.45, 2.75) is 29.4 Å². The van der Waals surface area contributed by atoms with Crippen molar-refractivity contribution < 1.29 is 32.5 Å². The van der Waals surface area contributed by atoms with E-state index >= 15 is 0 Å². The molecule has 1 heterocycles. The molecule has 1 aliphatic rings. The minimum atomic E-state index is -3.74. The van der Waals surface area contributed by atoms with Crippen LogP contribution in [0.1, 0.15) is 30.1 Å². The summed E-state index contributed by atoms with van der Waals surface area (Å²) in [4.78, 5) is 18.9. The molecule has 2 atom stereocenters. The number of aliphatic hydroxyl groups is 1. The van der Waals surface area contributed by atoms with Crippen LogP contribution in [0.5, 0.6) is 11.5 Å². The summed E-state index contributed by atoms with van der Waals surface area (Å²) in [5.41, 5.74) is -0.405. The van der Waals surface area contributed by atoms with Crippen molar-refractivity contribution >= 4 is 21.6 Å². The Balaban J connectivity index is 1.77. The van der Waals surface area contributed by atoms with Gasteiger partial charge in [-0.3, -0.25) is 4.79 Å². The Morgan fingerprint density at radius 3 is 2.54 bits per heavy atom. The Hall–Kier alpha value is -4.15. The highest BCUT2D eigenvalue weighted by molar-refractivity contribution is 7.91. The third kappa shape index (κ3) is 6.96. The normalized spacial score (nSPS) is 18.2. The van der Waals surface area contributed by atoms with Crippen LogP contribution in [0.4, 0.5) is 0 Å². The van der Waals surface area contributed by atoms with E-state index in [4.69, 9.17) is 24.3 Å². The minimum Gasteiger partial charge on any atom is -0.497 e. The molecule has 0 unspecified atom stereocenters. The Kier molecular flexibility index (Phi) is 9.80. The third-order valence-corrected chi connectivity index (χ3v) is 8.42. The fraction of sp³-hybridized carbons (Fsp3) is 0.290. The summed E-state index contributed by atoms with van der Waals surface area (Å²) in [5, 5.41) is 11.8. The van der Waals surface area contributed by atoms with Crippen LogP contribution >= 0.6 is 0 Å². The van der Waals surface area contributed by atoms with Crippen LogP contribution in [-0.4, -0.2) is 63.5 Å². The van der Waals surface area contributed by atoms with Gasteiger partial charge in [0, 0.05) is 31.6 Å². The largest absolute Gasteiger partial charge is 0.497 e. The molecule has 0 aromatic heterocycles. The highest BCUT2D eigenvalue weighted by Gasteiger charge is 2.53. The van der Waals surface area contributed by atoms with Crippen molar-refractivity contribution in [1.82, 2.24) is 5.32 Å². The molecule has 9 nitrogen and oxygen atoms in total. The lowest BCUT2D eigenvalue weighted by Gasteiger charge is -2.30. The summed E-state index contributed by atoms with van der Waals surface area (Å²) in [7, 11) is -2.20. The number of carbonyl (C=O) groups excluding carboxylic acids is 1. The van der Waals surface area contributed by atoms with E-state index in [0.29, 0.717) is 35.7 Å². The number of hydrogen-bond donors (Lipinski definition) is 2. The molecule has 0 aliphatic carbocycles. The van der Waals surface area contributed by atoms with E-state index in [9.17, 15) is 13.2 Å². The van der Waals surface area contributed by atoms with Crippen LogP contribution in [0.15, 0.2) is 101 Å². The summed E-state index contributed by atoms with van der Waals surface area (Å²) in [6.45, 7) is 4.25. The number of methoxy groups -OCH3 is 1. The van der Waals surface area contributed by atoms with Gasteiger partial charge in [-0.2, -0.15) is 0 Å². The Morgan fingerprint density at radius 2 is 1.85 bits per heavy atom. The third-order valence-electron chi connectivity index (χ3n) is 6.69. The Bertz CT molecular complexity index is 1470. The zero-order chi connectivity index (χ0) is 29.3. The molecule has 1 aliphatic heterocycles. The summed E-state index contributed by atoms with van der Waals surface area (Å²) < 4.78 is 44.1. The first-order valence-electron chi connectivity index (χ1n) is 13.2. The highest BCUT2D eigenvalue weighted by Crippen LogP contribution is 2.43. The lowest BCUT2D eigenvalue weighted by molar-refractivity contribution is -0.128. The summed E-state index contributed by atoms with van der Waals surface area (Å²) >= 11 is 0. The van der Waals surface area contributed by atoms with Gasteiger partial charge in [-0.15, -0.1) is 6.58 Å². The Labute approximate surface area is 240 Å². The number of nitrogens with one attached hydrogen (secondary N) is 1. The maximum Gasteiger partial charge on any atom is 0.252 e. The number of sulfone groups is 1. The van der Waals surface area contributed by atoms with Crippen molar-refractivity contribution in [1.29, 1.82) is 0 Å². The quantitative estimate of drug-likeness (QED) is 0.220. The van der Waals surface area contributed by atoms with Gasteiger partial charge in [-0.1, -0.05) is 36.4 Å². The van der Waals surface area contributed by atoms with Gasteiger partial charge in [-0.25, -0.2) is 13.4 Å². The van der Waals surface area contributed by atoms with Crippen molar-refractivity contribution in [3.63, 3.8) is 0 Å². The van der Waals surface area contributed by atoms with E-state index in [1.54, 1.807) is 72.8 Å². The average Bonchev–Trinajstić information content (AvgIpc) is 3.41. The van der Waals surface area contributed by atoms with E-state index < -0.39 is 27.4 Å². The molecule has 3 aromatic carbocycles. The molecule has 0 bridgehead atoms. The predicted octanol–water partition coefficient (Wildman–Crippen LogP) is 3.88. The van der Waals surface area contributed by atoms with Crippen LogP contribution < -0.4 is 14.8 Å². The van der Waals surface area contributed by atoms with Gasteiger partial charge in [0.25, 0.3) is 5.91 Å². The topological polar surface area (TPSA) is 124 Å². The van der Waals surface area contributed by atoms with Crippen LogP contribution in [0.25, 0.3) is 0 Å². The standard InChI is InChI=1S/C31H34N2O7S/c1-3-18-32-30(35)31(17-21-41(36,37)27-11-5-4-6-12-27)28(24-9-7-10-26(22-24)38-2)40-29(33-31)23-13-15-25(16-14-23)39-20-8-19-34/h3-7,9-16,22,28,34H,1,8,17-21H2,2H3,(H,32,35)/t28-,31-/m1/s1. The molecule has 0 saturated heterocycles. The first kappa shape index (κ1) is 29.8. The second-order valence-corrected chi connectivity index (χ2v) is 11.6. The van der Waals surface area contributed by atoms with Gasteiger partial charge in [-0.05, 0) is 54.1 Å². The number of rotatable bonds is 14. The van der Waals surface area contributed by atoms with Gasteiger partial charge >= 0.3 is 0 Å². The number of amides is 1. The minimum absolute atomic E-state index is 0.0321.